The molecule has 5 rings (SSSR count). The van der Waals surface area contributed by atoms with Crippen LogP contribution in [0.1, 0.15) is 23.4 Å². The van der Waals surface area contributed by atoms with Crippen molar-refractivity contribution in [3.63, 3.8) is 0 Å². The van der Waals surface area contributed by atoms with Gasteiger partial charge in [0.2, 0.25) is 0 Å². The third-order valence-corrected chi connectivity index (χ3v) is 6.25. The molecule has 5 heteroatoms. The van der Waals surface area contributed by atoms with Crippen LogP contribution in [0.5, 0.6) is 0 Å². The first kappa shape index (κ1) is 17.9. The SMILES string of the molecule is CN1CCN(CC2CNNC2c2cc3ccccc3o2)CC1c1ccccc1. The summed E-state index contributed by atoms with van der Waals surface area (Å²) in [6.07, 6.45) is 0. The maximum atomic E-state index is 6.15. The summed E-state index contributed by atoms with van der Waals surface area (Å²) in [5, 5.41) is 1.17. The van der Waals surface area contributed by atoms with Crippen molar-refractivity contribution in [1.29, 1.82) is 0 Å². The molecule has 0 saturated carbocycles. The third kappa shape index (κ3) is 3.47. The van der Waals surface area contributed by atoms with Gasteiger partial charge in [0, 0.05) is 50.1 Å². The van der Waals surface area contributed by atoms with E-state index >= 15 is 0 Å². The summed E-state index contributed by atoms with van der Waals surface area (Å²) in [5.74, 6) is 1.52. The van der Waals surface area contributed by atoms with Crippen molar-refractivity contribution in [3.8, 4) is 0 Å². The average molecular weight is 377 g/mol. The number of hydrazine groups is 1. The number of fused-ring (bicyclic) bond motifs is 1. The van der Waals surface area contributed by atoms with Crippen molar-refractivity contribution in [2.45, 2.75) is 12.1 Å². The standard InChI is InChI=1S/C23H28N4O/c1-26-11-12-27(16-20(26)17-7-3-2-4-8-17)15-19-14-24-25-23(19)22-13-18-9-5-6-10-21(18)28-22/h2-10,13,19-20,23-25H,11-12,14-16H2,1H3. The zero-order chi connectivity index (χ0) is 18.9. The normalized spacial score (nSPS) is 26.8. The third-order valence-electron chi connectivity index (χ3n) is 6.25. The minimum Gasteiger partial charge on any atom is -0.459 e. The second-order valence-corrected chi connectivity index (χ2v) is 8.12. The number of rotatable bonds is 4. The van der Waals surface area contributed by atoms with Crippen LogP contribution in [0, 0.1) is 5.92 Å². The fourth-order valence-electron chi connectivity index (χ4n) is 4.63. The smallest absolute Gasteiger partial charge is 0.134 e. The number of benzene rings is 2. The molecule has 2 fully saturated rings. The Morgan fingerprint density at radius 2 is 1.86 bits per heavy atom. The first-order chi connectivity index (χ1) is 13.8. The van der Waals surface area contributed by atoms with Gasteiger partial charge in [0.05, 0.1) is 6.04 Å². The fourth-order valence-corrected chi connectivity index (χ4v) is 4.63. The number of nitrogens with one attached hydrogen (secondary N) is 2. The van der Waals surface area contributed by atoms with Gasteiger partial charge in [-0.15, -0.1) is 0 Å². The highest BCUT2D eigenvalue weighted by molar-refractivity contribution is 5.77. The van der Waals surface area contributed by atoms with Crippen molar-refractivity contribution in [3.05, 3.63) is 72.0 Å². The zero-order valence-electron chi connectivity index (χ0n) is 16.3. The minimum absolute atomic E-state index is 0.210. The Bertz CT molecular complexity index is 892. The molecule has 0 amide bonds. The molecule has 0 radical (unpaired) electrons. The van der Waals surface area contributed by atoms with Crippen molar-refractivity contribution < 1.29 is 4.42 Å². The summed E-state index contributed by atoms with van der Waals surface area (Å²) in [7, 11) is 2.24. The van der Waals surface area contributed by atoms with Crippen molar-refractivity contribution in [2.75, 3.05) is 39.8 Å². The second-order valence-electron chi connectivity index (χ2n) is 8.12. The molecule has 2 aliphatic heterocycles. The lowest BCUT2D eigenvalue weighted by molar-refractivity contribution is 0.0820. The molecular formula is C23H28N4O. The molecule has 0 spiro atoms. The van der Waals surface area contributed by atoms with Gasteiger partial charge in [-0.1, -0.05) is 48.5 Å². The molecule has 3 heterocycles. The van der Waals surface area contributed by atoms with E-state index in [2.05, 4.69) is 76.2 Å². The number of piperazine rings is 1. The van der Waals surface area contributed by atoms with Gasteiger partial charge >= 0.3 is 0 Å². The molecule has 5 nitrogen and oxygen atoms in total. The van der Waals surface area contributed by atoms with Gasteiger partial charge < -0.3 is 4.42 Å². The van der Waals surface area contributed by atoms with Crippen LogP contribution in [-0.4, -0.2) is 49.6 Å². The van der Waals surface area contributed by atoms with Gasteiger partial charge in [-0.2, -0.15) is 0 Å². The van der Waals surface area contributed by atoms with Crippen LogP contribution in [0.2, 0.25) is 0 Å². The Hall–Kier alpha value is -2.18. The van der Waals surface area contributed by atoms with Crippen molar-refractivity contribution in [2.24, 2.45) is 5.92 Å². The number of hydrogen-bond donors (Lipinski definition) is 2. The van der Waals surface area contributed by atoms with Crippen LogP contribution in [0.3, 0.4) is 0 Å². The quantitative estimate of drug-likeness (QED) is 0.732. The highest BCUT2D eigenvalue weighted by atomic mass is 16.3. The Morgan fingerprint density at radius 1 is 1.04 bits per heavy atom. The molecule has 146 valence electrons. The molecule has 3 unspecified atom stereocenters. The van der Waals surface area contributed by atoms with E-state index in [-0.39, 0.29) is 6.04 Å². The maximum absolute atomic E-state index is 6.15. The molecule has 2 aromatic carbocycles. The van der Waals surface area contributed by atoms with Gasteiger partial charge in [-0.25, -0.2) is 5.43 Å². The fraction of sp³-hybridized carbons (Fsp3) is 0.391. The van der Waals surface area contributed by atoms with E-state index in [4.69, 9.17) is 4.42 Å². The highest BCUT2D eigenvalue weighted by Crippen LogP contribution is 2.32. The summed E-state index contributed by atoms with van der Waals surface area (Å²) in [5.41, 5.74) is 9.18. The van der Waals surface area contributed by atoms with Crippen LogP contribution >= 0.6 is 0 Å². The van der Waals surface area contributed by atoms with Gasteiger partial charge in [-0.3, -0.25) is 15.2 Å². The van der Waals surface area contributed by atoms with E-state index < -0.39 is 0 Å². The van der Waals surface area contributed by atoms with E-state index in [0.29, 0.717) is 12.0 Å². The van der Waals surface area contributed by atoms with E-state index in [0.717, 1.165) is 44.1 Å². The molecule has 3 atom stereocenters. The van der Waals surface area contributed by atoms with Crippen LogP contribution in [-0.2, 0) is 0 Å². The van der Waals surface area contributed by atoms with Gasteiger partial charge in [0.1, 0.15) is 11.3 Å². The van der Waals surface area contributed by atoms with Crippen LogP contribution < -0.4 is 10.9 Å². The summed E-state index contributed by atoms with van der Waals surface area (Å²) in [6.45, 7) is 5.32. The number of furan rings is 1. The number of likely N-dealkylation sites (N-methyl/N-ethyl adjacent to an activating group) is 1. The van der Waals surface area contributed by atoms with Crippen LogP contribution in [0.15, 0.2) is 65.1 Å². The van der Waals surface area contributed by atoms with Gasteiger partial charge in [-0.05, 0) is 24.7 Å². The van der Waals surface area contributed by atoms with Crippen molar-refractivity contribution >= 4 is 11.0 Å². The summed E-state index contributed by atoms with van der Waals surface area (Å²) >= 11 is 0. The maximum Gasteiger partial charge on any atom is 0.134 e. The summed E-state index contributed by atoms with van der Waals surface area (Å²) < 4.78 is 6.15. The lowest BCUT2D eigenvalue weighted by Gasteiger charge is -2.41. The molecule has 3 aromatic rings. The number of nitrogens with zero attached hydrogens (tertiary/aromatic N) is 2. The molecule has 2 saturated heterocycles. The van der Waals surface area contributed by atoms with E-state index in [9.17, 15) is 0 Å². The summed E-state index contributed by atoms with van der Waals surface area (Å²) in [6, 6.07) is 22.0. The second kappa shape index (κ2) is 7.68. The Labute approximate surface area is 166 Å². The molecule has 0 aliphatic carbocycles. The molecule has 28 heavy (non-hydrogen) atoms. The monoisotopic (exact) mass is 376 g/mol. The zero-order valence-corrected chi connectivity index (χ0v) is 16.3. The van der Waals surface area contributed by atoms with Gasteiger partial charge in [0.15, 0.2) is 0 Å². The Kier molecular flexibility index (Phi) is 4.91. The molecular weight excluding hydrogens is 348 g/mol. The number of para-hydroxylation sites is 1. The van der Waals surface area contributed by atoms with Crippen LogP contribution in [0.4, 0.5) is 0 Å². The van der Waals surface area contributed by atoms with E-state index in [1.807, 2.05) is 12.1 Å². The Balaban J connectivity index is 1.30. The number of hydrogen-bond acceptors (Lipinski definition) is 5. The lowest BCUT2D eigenvalue weighted by Crippen LogP contribution is -2.48. The average Bonchev–Trinajstić information content (AvgIpc) is 3.36. The van der Waals surface area contributed by atoms with Crippen LogP contribution in [0.25, 0.3) is 11.0 Å². The predicted octanol–water partition coefficient (Wildman–Crippen LogP) is 3.19. The largest absolute Gasteiger partial charge is 0.459 e. The molecule has 0 bridgehead atoms. The Morgan fingerprint density at radius 3 is 2.71 bits per heavy atom. The lowest BCUT2D eigenvalue weighted by atomic mass is 9.97. The molecule has 1 aromatic heterocycles. The predicted molar refractivity (Wildman–Crippen MR) is 112 cm³/mol. The van der Waals surface area contributed by atoms with E-state index in [1.54, 1.807) is 0 Å². The highest BCUT2D eigenvalue weighted by Gasteiger charge is 2.34. The molecule has 2 aliphatic rings. The van der Waals surface area contributed by atoms with Crippen molar-refractivity contribution in [1.82, 2.24) is 20.7 Å². The first-order valence-electron chi connectivity index (χ1n) is 10.2. The van der Waals surface area contributed by atoms with E-state index in [1.165, 1.54) is 10.9 Å². The first-order valence-corrected chi connectivity index (χ1v) is 10.2. The topological polar surface area (TPSA) is 43.7 Å². The van der Waals surface area contributed by atoms with Gasteiger partial charge in [0.25, 0.3) is 0 Å². The summed E-state index contributed by atoms with van der Waals surface area (Å²) in [4.78, 5) is 5.10. The molecule has 2 N–H and O–H groups in total. The minimum atomic E-state index is 0.210.